The third-order valence-corrected chi connectivity index (χ3v) is 2.73. The molecule has 0 fully saturated rings. The van der Waals surface area contributed by atoms with E-state index in [0.717, 1.165) is 11.1 Å². The fraction of sp³-hybridized carbons (Fsp3) is 0.462. The van der Waals surface area contributed by atoms with Gasteiger partial charge in [-0.1, -0.05) is 0 Å². The highest BCUT2D eigenvalue weighted by atomic mass is 16.5. The van der Waals surface area contributed by atoms with Crippen LogP contribution < -0.4 is 10.5 Å². The smallest absolute Gasteiger partial charge is 0.302 e. The van der Waals surface area contributed by atoms with E-state index in [-0.39, 0.29) is 17.8 Å². The van der Waals surface area contributed by atoms with Crippen molar-refractivity contribution >= 4 is 11.7 Å². The lowest BCUT2D eigenvalue weighted by atomic mass is 9.99. The molecular weight excluding hydrogens is 234 g/mol. The second kappa shape index (κ2) is 5.62. The lowest BCUT2D eigenvalue weighted by Gasteiger charge is -2.18. The first-order valence-corrected chi connectivity index (χ1v) is 5.69. The van der Waals surface area contributed by atoms with Gasteiger partial charge in [0, 0.05) is 30.7 Å². The van der Waals surface area contributed by atoms with Crippen molar-refractivity contribution in [3.05, 3.63) is 17.2 Å². The van der Waals surface area contributed by atoms with E-state index in [2.05, 4.69) is 0 Å². The van der Waals surface area contributed by atoms with Crippen LogP contribution in [0.15, 0.2) is 6.07 Å². The molecule has 0 heterocycles. The van der Waals surface area contributed by atoms with Gasteiger partial charge < -0.3 is 20.3 Å². The van der Waals surface area contributed by atoms with Crippen LogP contribution >= 0.6 is 0 Å². The Hall–Kier alpha value is -1.91. The molecule has 0 saturated carbocycles. The minimum atomic E-state index is -0.329. The Bertz CT molecular complexity index is 457. The van der Waals surface area contributed by atoms with E-state index in [1.165, 1.54) is 20.1 Å². The zero-order chi connectivity index (χ0) is 13.9. The number of ether oxygens (including phenoxy) is 2. The van der Waals surface area contributed by atoms with Gasteiger partial charge in [0.25, 0.3) is 0 Å². The minimum absolute atomic E-state index is 0.0105. The van der Waals surface area contributed by atoms with Crippen molar-refractivity contribution in [3.8, 4) is 11.5 Å². The number of carbonyl (C=O) groups is 1. The summed E-state index contributed by atoms with van der Waals surface area (Å²) in [6.07, 6.45) is 0.200. The maximum Gasteiger partial charge on any atom is 0.302 e. The van der Waals surface area contributed by atoms with Crippen LogP contribution in [0.25, 0.3) is 0 Å². The molecular formula is C13H19NO4. The van der Waals surface area contributed by atoms with E-state index in [9.17, 15) is 9.90 Å². The van der Waals surface area contributed by atoms with E-state index in [1.54, 1.807) is 6.92 Å². The van der Waals surface area contributed by atoms with Crippen LogP contribution in [0.4, 0.5) is 5.69 Å². The molecule has 100 valence electrons. The third kappa shape index (κ3) is 3.06. The summed E-state index contributed by atoms with van der Waals surface area (Å²) in [5, 5.41) is 9.69. The van der Waals surface area contributed by atoms with Gasteiger partial charge in [0.05, 0.1) is 7.11 Å². The van der Waals surface area contributed by atoms with Gasteiger partial charge in [-0.3, -0.25) is 4.79 Å². The average molecular weight is 253 g/mol. The van der Waals surface area contributed by atoms with Gasteiger partial charge in [-0.2, -0.15) is 0 Å². The van der Waals surface area contributed by atoms with Crippen molar-refractivity contribution in [1.82, 2.24) is 0 Å². The highest BCUT2D eigenvalue weighted by Crippen LogP contribution is 2.36. The number of carbonyl (C=O) groups excluding carboxylic acids is 1. The lowest BCUT2D eigenvalue weighted by molar-refractivity contribution is -0.145. The third-order valence-electron chi connectivity index (χ3n) is 2.73. The first-order valence-electron chi connectivity index (χ1n) is 5.69. The number of methoxy groups -OCH3 is 1. The van der Waals surface area contributed by atoms with Gasteiger partial charge >= 0.3 is 5.97 Å². The largest absolute Gasteiger partial charge is 0.504 e. The molecule has 0 bridgehead atoms. The first kappa shape index (κ1) is 14.2. The summed E-state index contributed by atoms with van der Waals surface area (Å²) in [7, 11) is 1.48. The SMILES string of the molecule is COc1c(O)cc(N)c(CC(C)OC(C)=O)c1C. The van der Waals surface area contributed by atoms with Crippen LogP contribution in [0.2, 0.25) is 0 Å². The predicted molar refractivity (Wildman–Crippen MR) is 68.7 cm³/mol. The summed E-state index contributed by atoms with van der Waals surface area (Å²) >= 11 is 0. The maximum absolute atomic E-state index is 10.9. The summed E-state index contributed by atoms with van der Waals surface area (Å²) in [4.78, 5) is 10.9. The molecule has 0 spiro atoms. The standard InChI is InChI=1S/C13H19NO4/c1-7(18-9(3)15)5-10-8(2)13(17-4)12(16)6-11(10)14/h6-7,16H,5,14H2,1-4H3. The molecule has 0 aliphatic carbocycles. The van der Waals surface area contributed by atoms with E-state index in [0.29, 0.717) is 17.9 Å². The topological polar surface area (TPSA) is 81.8 Å². The van der Waals surface area contributed by atoms with Crippen molar-refractivity contribution in [1.29, 1.82) is 0 Å². The lowest BCUT2D eigenvalue weighted by Crippen LogP contribution is -2.16. The number of nitrogens with two attached hydrogens (primary N) is 1. The number of hydrogen-bond donors (Lipinski definition) is 2. The number of hydrogen-bond acceptors (Lipinski definition) is 5. The minimum Gasteiger partial charge on any atom is -0.504 e. The Labute approximate surface area is 107 Å². The van der Waals surface area contributed by atoms with Crippen LogP contribution in [-0.2, 0) is 16.0 Å². The van der Waals surface area contributed by atoms with Crippen molar-refractivity contribution in [2.45, 2.75) is 33.3 Å². The molecule has 0 radical (unpaired) electrons. The molecule has 5 nitrogen and oxygen atoms in total. The van der Waals surface area contributed by atoms with E-state index >= 15 is 0 Å². The van der Waals surface area contributed by atoms with Gasteiger partial charge in [-0.05, 0) is 19.4 Å². The molecule has 0 aliphatic rings. The van der Waals surface area contributed by atoms with Gasteiger partial charge in [-0.25, -0.2) is 0 Å². The van der Waals surface area contributed by atoms with E-state index in [4.69, 9.17) is 15.2 Å². The van der Waals surface area contributed by atoms with Gasteiger partial charge in [0.1, 0.15) is 6.10 Å². The van der Waals surface area contributed by atoms with E-state index < -0.39 is 0 Å². The van der Waals surface area contributed by atoms with Gasteiger partial charge in [-0.15, -0.1) is 0 Å². The summed E-state index contributed by atoms with van der Waals surface area (Å²) in [5.74, 6) is 0.0788. The molecule has 1 aromatic carbocycles. The molecule has 3 N–H and O–H groups in total. The Morgan fingerprint density at radius 1 is 1.56 bits per heavy atom. The fourth-order valence-electron chi connectivity index (χ4n) is 1.99. The van der Waals surface area contributed by atoms with Gasteiger partial charge in [0.2, 0.25) is 0 Å². The number of esters is 1. The van der Waals surface area contributed by atoms with Crippen molar-refractivity contribution in [2.24, 2.45) is 0 Å². The second-order valence-corrected chi connectivity index (χ2v) is 4.25. The van der Waals surface area contributed by atoms with Gasteiger partial charge in [0.15, 0.2) is 11.5 Å². The van der Waals surface area contributed by atoms with Crippen LogP contribution in [0.3, 0.4) is 0 Å². The zero-order valence-corrected chi connectivity index (χ0v) is 11.1. The predicted octanol–water partition coefficient (Wildman–Crippen LogP) is 1.79. The quantitative estimate of drug-likeness (QED) is 0.631. The Kier molecular flexibility index (Phi) is 4.42. The molecule has 0 saturated heterocycles. The van der Waals surface area contributed by atoms with Crippen LogP contribution in [0, 0.1) is 6.92 Å². The Morgan fingerprint density at radius 2 is 2.17 bits per heavy atom. The number of phenolic OH excluding ortho intramolecular Hbond substituents is 1. The highest BCUT2D eigenvalue weighted by molar-refractivity contribution is 5.66. The summed E-state index contributed by atoms with van der Waals surface area (Å²) in [6, 6.07) is 1.45. The number of benzene rings is 1. The maximum atomic E-state index is 10.9. The first-order chi connectivity index (χ1) is 8.36. The molecule has 1 unspecified atom stereocenters. The molecule has 5 heteroatoms. The molecule has 1 aromatic rings. The number of aromatic hydroxyl groups is 1. The normalized spacial score (nSPS) is 12.0. The van der Waals surface area contributed by atoms with Crippen molar-refractivity contribution < 1.29 is 19.4 Å². The van der Waals surface area contributed by atoms with E-state index in [1.807, 2.05) is 6.92 Å². The number of anilines is 1. The van der Waals surface area contributed by atoms with Crippen LogP contribution in [-0.4, -0.2) is 24.3 Å². The Morgan fingerprint density at radius 3 is 2.67 bits per heavy atom. The molecule has 0 aliphatic heterocycles. The summed E-state index contributed by atoms with van der Waals surface area (Å²) in [5.41, 5.74) is 7.91. The molecule has 1 rings (SSSR count). The average Bonchev–Trinajstić information content (AvgIpc) is 2.23. The molecule has 0 aromatic heterocycles. The Balaban J connectivity index is 3.05. The summed E-state index contributed by atoms with van der Waals surface area (Å²) in [6.45, 7) is 4.97. The second-order valence-electron chi connectivity index (χ2n) is 4.25. The molecule has 18 heavy (non-hydrogen) atoms. The molecule has 0 amide bonds. The zero-order valence-electron chi connectivity index (χ0n) is 11.1. The number of nitrogen functional groups attached to an aromatic ring is 1. The number of rotatable bonds is 4. The van der Waals surface area contributed by atoms with Crippen LogP contribution in [0.1, 0.15) is 25.0 Å². The van der Waals surface area contributed by atoms with Crippen molar-refractivity contribution in [3.63, 3.8) is 0 Å². The van der Waals surface area contributed by atoms with Crippen LogP contribution in [0.5, 0.6) is 11.5 Å². The highest BCUT2D eigenvalue weighted by Gasteiger charge is 2.17. The van der Waals surface area contributed by atoms with Crippen molar-refractivity contribution in [2.75, 3.05) is 12.8 Å². The summed E-state index contributed by atoms with van der Waals surface area (Å²) < 4.78 is 10.2. The fourth-order valence-corrected chi connectivity index (χ4v) is 1.99. The number of phenols is 1. The molecule has 1 atom stereocenters. The monoisotopic (exact) mass is 253 g/mol.